The Labute approximate surface area is 216 Å². The molecule has 8 nitrogen and oxygen atoms in total. The molecule has 0 spiro atoms. The number of hydrogen-bond donors (Lipinski definition) is 0. The molecule has 4 aliphatic rings. The van der Waals surface area contributed by atoms with Crippen LogP contribution >= 0.6 is 0 Å². The van der Waals surface area contributed by atoms with Crippen LogP contribution in [0.5, 0.6) is 0 Å². The van der Waals surface area contributed by atoms with Crippen LogP contribution in [-0.4, -0.2) is 38.4 Å². The van der Waals surface area contributed by atoms with Gasteiger partial charge in [0.25, 0.3) is 5.89 Å². The van der Waals surface area contributed by atoms with Gasteiger partial charge in [-0.25, -0.2) is 4.39 Å². The second kappa shape index (κ2) is 8.74. The van der Waals surface area contributed by atoms with Crippen molar-refractivity contribution in [1.29, 1.82) is 0 Å². The zero-order valence-electron chi connectivity index (χ0n) is 21.8. The number of anilines is 1. The first-order chi connectivity index (χ1) is 17.6. The molecule has 0 saturated heterocycles. The molecule has 2 bridgehead atoms. The Morgan fingerprint density at radius 1 is 1.08 bits per heavy atom. The van der Waals surface area contributed by atoms with E-state index in [0.29, 0.717) is 55.8 Å². The fourth-order valence-corrected chi connectivity index (χ4v) is 5.58. The molecule has 0 unspecified atom stereocenters. The molecule has 4 saturated carbocycles. The molecule has 4 aliphatic carbocycles. The van der Waals surface area contributed by atoms with Gasteiger partial charge in [0.2, 0.25) is 11.8 Å². The molecule has 0 atom stereocenters. The quantitative estimate of drug-likeness (QED) is 0.314. The van der Waals surface area contributed by atoms with E-state index in [0.717, 1.165) is 49.2 Å². The molecule has 0 radical (unpaired) electrons. The molecule has 1 aromatic carbocycles. The predicted molar refractivity (Wildman–Crippen MR) is 135 cm³/mol. The maximum absolute atomic E-state index is 14.3. The zero-order chi connectivity index (χ0) is 25.8. The van der Waals surface area contributed by atoms with Crippen LogP contribution < -0.4 is 4.90 Å². The number of aromatic nitrogens is 4. The van der Waals surface area contributed by atoms with Gasteiger partial charge in [-0.05, 0) is 63.1 Å². The van der Waals surface area contributed by atoms with E-state index in [1.165, 1.54) is 0 Å². The van der Waals surface area contributed by atoms with E-state index in [2.05, 4.69) is 41.1 Å². The van der Waals surface area contributed by atoms with Crippen LogP contribution in [0.25, 0.3) is 11.5 Å². The van der Waals surface area contributed by atoms with Gasteiger partial charge < -0.3 is 13.9 Å². The summed E-state index contributed by atoms with van der Waals surface area (Å²) < 4.78 is 25.2. The third-order valence-corrected chi connectivity index (χ3v) is 7.86. The standard InChI is InChI=1S/C28H34FN5O3/c1-26(2,3)24-30-21(36-33-24)10-5-4-6-13-34(25(35)27-15-28(29,16-27)17-27)20-9-7-8-19(14-20)23-31-22(32-37-23)18-11-12-18/h7-9,14,18H,4-6,10-13,15-17H2,1-3H3. The first-order valence-corrected chi connectivity index (χ1v) is 13.4. The molecule has 9 heteroatoms. The Morgan fingerprint density at radius 2 is 1.86 bits per heavy atom. The fourth-order valence-electron chi connectivity index (χ4n) is 5.58. The number of alkyl halides is 1. The molecule has 0 aliphatic heterocycles. The summed E-state index contributed by atoms with van der Waals surface area (Å²) in [6.07, 6.45) is 6.56. The summed E-state index contributed by atoms with van der Waals surface area (Å²) in [6, 6.07) is 7.70. The van der Waals surface area contributed by atoms with E-state index in [-0.39, 0.29) is 11.3 Å². The molecule has 2 heterocycles. The van der Waals surface area contributed by atoms with Crippen molar-refractivity contribution in [2.45, 2.75) is 95.6 Å². The van der Waals surface area contributed by atoms with Gasteiger partial charge in [-0.3, -0.25) is 4.79 Å². The lowest BCUT2D eigenvalue weighted by Gasteiger charge is -2.65. The lowest BCUT2D eigenvalue weighted by molar-refractivity contribution is -0.211. The summed E-state index contributed by atoms with van der Waals surface area (Å²) in [5, 5.41) is 8.22. The van der Waals surface area contributed by atoms with Gasteiger partial charge in [0, 0.05) is 35.5 Å². The Bertz CT molecular complexity index is 1290. The van der Waals surface area contributed by atoms with Crippen LogP contribution in [0.1, 0.15) is 95.6 Å². The largest absolute Gasteiger partial charge is 0.339 e. The fraction of sp³-hybridized carbons (Fsp3) is 0.607. The lowest BCUT2D eigenvalue weighted by atomic mass is 9.42. The average molecular weight is 508 g/mol. The predicted octanol–water partition coefficient (Wildman–Crippen LogP) is 5.93. The molecule has 3 aromatic rings. The average Bonchev–Trinajstić information content (AvgIpc) is 3.34. The third-order valence-electron chi connectivity index (χ3n) is 7.86. The first kappa shape index (κ1) is 24.2. The number of halogens is 1. The van der Waals surface area contributed by atoms with Gasteiger partial charge in [0.15, 0.2) is 11.6 Å². The second-order valence-electron chi connectivity index (χ2n) is 12.3. The van der Waals surface area contributed by atoms with E-state index in [1.807, 2.05) is 29.2 Å². The Morgan fingerprint density at radius 3 is 2.54 bits per heavy atom. The van der Waals surface area contributed by atoms with Crippen LogP contribution in [0.15, 0.2) is 33.3 Å². The summed E-state index contributed by atoms with van der Waals surface area (Å²) >= 11 is 0. The minimum Gasteiger partial charge on any atom is -0.339 e. The van der Waals surface area contributed by atoms with E-state index in [9.17, 15) is 9.18 Å². The van der Waals surface area contributed by atoms with Crippen LogP contribution in [0, 0.1) is 5.41 Å². The van der Waals surface area contributed by atoms with Gasteiger partial charge in [-0.2, -0.15) is 9.97 Å². The van der Waals surface area contributed by atoms with E-state index < -0.39 is 11.1 Å². The highest BCUT2D eigenvalue weighted by atomic mass is 19.1. The number of carbonyl (C=O) groups is 1. The summed E-state index contributed by atoms with van der Waals surface area (Å²) in [6.45, 7) is 6.74. The summed E-state index contributed by atoms with van der Waals surface area (Å²) in [7, 11) is 0. The van der Waals surface area contributed by atoms with E-state index in [4.69, 9.17) is 9.05 Å². The Kier molecular flexibility index (Phi) is 5.73. The van der Waals surface area contributed by atoms with Crippen molar-refractivity contribution in [2.24, 2.45) is 5.41 Å². The van der Waals surface area contributed by atoms with Crippen molar-refractivity contribution in [3.05, 3.63) is 41.8 Å². The van der Waals surface area contributed by atoms with Crippen molar-refractivity contribution < 1.29 is 18.2 Å². The maximum atomic E-state index is 14.3. The van der Waals surface area contributed by atoms with Crippen molar-refractivity contribution in [1.82, 2.24) is 20.3 Å². The minimum atomic E-state index is -1.12. The van der Waals surface area contributed by atoms with E-state index >= 15 is 0 Å². The maximum Gasteiger partial charge on any atom is 0.258 e. The monoisotopic (exact) mass is 507 g/mol. The van der Waals surface area contributed by atoms with Gasteiger partial charge in [-0.1, -0.05) is 43.6 Å². The van der Waals surface area contributed by atoms with Crippen LogP contribution in [-0.2, 0) is 16.6 Å². The van der Waals surface area contributed by atoms with Gasteiger partial charge in [0.1, 0.15) is 5.67 Å². The molecule has 4 fully saturated rings. The highest BCUT2D eigenvalue weighted by Crippen LogP contribution is 2.70. The molecule has 7 rings (SSSR count). The number of amides is 1. The number of carbonyl (C=O) groups excluding carboxylic acids is 1. The SMILES string of the molecule is CC(C)(C)c1noc(CCCCCN(C(=O)C23CC(F)(C2)C3)c2cccc(-c3nc(C4CC4)no3)c2)n1. The first-order valence-electron chi connectivity index (χ1n) is 13.4. The summed E-state index contributed by atoms with van der Waals surface area (Å²) in [4.78, 5) is 24.5. The molecule has 2 aromatic heterocycles. The normalized spacial score (nSPS) is 24.4. The van der Waals surface area contributed by atoms with E-state index in [1.54, 1.807) is 0 Å². The van der Waals surface area contributed by atoms with Gasteiger partial charge >= 0.3 is 0 Å². The van der Waals surface area contributed by atoms with Crippen LogP contribution in [0.2, 0.25) is 0 Å². The van der Waals surface area contributed by atoms with Crippen molar-refractivity contribution in [3.63, 3.8) is 0 Å². The number of benzene rings is 1. The minimum absolute atomic E-state index is 0.0279. The highest BCUT2D eigenvalue weighted by Gasteiger charge is 2.73. The van der Waals surface area contributed by atoms with Crippen molar-refractivity contribution >= 4 is 11.6 Å². The number of aryl methyl sites for hydroxylation is 1. The summed E-state index contributed by atoms with van der Waals surface area (Å²) in [5.74, 6) is 3.03. The van der Waals surface area contributed by atoms with Crippen molar-refractivity contribution in [3.8, 4) is 11.5 Å². The molecule has 0 N–H and O–H groups in total. The second-order valence-corrected chi connectivity index (χ2v) is 12.3. The molecule has 37 heavy (non-hydrogen) atoms. The molecular formula is C28H34FN5O3. The van der Waals surface area contributed by atoms with Crippen molar-refractivity contribution in [2.75, 3.05) is 11.4 Å². The number of hydrogen-bond acceptors (Lipinski definition) is 7. The summed E-state index contributed by atoms with van der Waals surface area (Å²) in [5.41, 5.74) is -0.223. The lowest BCUT2D eigenvalue weighted by Crippen LogP contribution is -2.70. The highest BCUT2D eigenvalue weighted by molar-refractivity contribution is 6.00. The Hall–Kier alpha value is -3.10. The number of rotatable bonds is 10. The number of nitrogens with zero attached hydrogens (tertiary/aromatic N) is 5. The molecular weight excluding hydrogens is 473 g/mol. The smallest absolute Gasteiger partial charge is 0.258 e. The number of unbranched alkanes of at least 4 members (excludes halogenated alkanes) is 2. The van der Waals surface area contributed by atoms with Crippen LogP contribution in [0.4, 0.5) is 10.1 Å². The molecule has 1 amide bonds. The molecule has 196 valence electrons. The third kappa shape index (κ3) is 4.68. The van der Waals surface area contributed by atoms with Crippen LogP contribution in [0.3, 0.4) is 0 Å². The zero-order valence-corrected chi connectivity index (χ0v) is 21.8. The van der Waals surface area contributed by atoms with Gasteiger partial charge in [-0.15, -0.1) is 0 Å². The van der Waals surface area contributed by atoms with Gasteiger partial charge in [0.05, 0.1) is 5.41 Å². The Balaban J connectivity index is 1.12. The topological polar surface area (TPSA) is 98.2 Å².